The Morgan fingerprint density at radius 3 is 2.47 bits per heavy atom. The van der Waals surface area contributed by atoms with Crippen molar-refractivity contribution in [2.75, 3.05) is 13.1 Å². The molecule has 3 heterocycles. The van der Waals surface area contributed by atoms with Gasteiger partial charge in [0.05, 0.1) is 5.39 Å². The maximum absolute atomic E-state index is 12.5. The normalized spacial score (nSPS) is 17.0. The van der Waals surface area contributed by atoms with E-state index in [1.807, 2.05) is 19.3 Å². The molecule has 2 aromatic heterocycles. The molecule has 0 bridgehead atoms. The minimum Gasteiger partial charge on any atom is -0.317 e. The molecule has 4 nitrogen and oxygen atoms in total. The van der Waals surface area contributed by atoms with Crippen LogP contribution in [-0.2, 0) is 7.05 Å². The van der Waals surface area contributed by atoms with Crippen LogP contribution in [0.5, 0.6) is 0 Å². The number of hydrogen-bond donors (Lipinski definition) is 0. The van der Waals surface area contributed by atoms with Crippen LogP contribution in [0, 0.1) is 18.8 Å². The molecule has 0 N–H and O–H groups in total. The quantitative estimate of drug-likeness (QED) is 0.590. The summed E-state index contributed by atoms with van der Waals surface area (Å²) in [6, 6.07) is 9.12. The number of benzene rings is 1. The van der Waals surface area contributed by atoms with Gasteiger partial charge in [-0.15, -0.1) is 0 Å². The van der Waals surface area contributed by atoms with Gasteiger partial charge in [-0.05, 0) is 79.8 Å². The Balaban J connectivity index is 1.64. The van der Waals surface area contributed by atoms with Crippen molar-refractivity contribution in [1.29, 1.82) is 0 Å². The van der Waals surface area contributed by atoms with E-state index >= 15 is 0 Å². The van der Waals surface area contributed by atoms with Gasteiger partial charge in [0.1, 0.15) is 0 Å². The minimum absolute atomic E-state index is 0.00591. The number of likely N-dealkylation sites (tertiary alicyclic amines) is 1. The molecule has 1 aromatic carbocycles. The van der Waals surface area contributed by atoms with Crippen molar-refractivity contribution >= 4 is 10.8 Å². The van der Waals surface area contributed by atoms with Crippen molar-refractivity contribution in [1.82, 2.24) is 14.5 Å². The van der Waals surface area contributed by atoms with Crippen molar-refractivity contribution in [3.63, 3.8) is 0 Å². The molecule has 0 aliphatic carbocycles. The van der Waals surface area contributed by atoms with Gasteiger partial charge in [-0.25, -0.2) is 0 Å². The highest BCUT2D eigenvalue weighted by molar-refractivity contribution is 5.95. The monoisotopic (exact) mass is 403 g/mol. The van der Waals surface area contributed by atoms with E-state index in [0.717, 1.165) is 28.3 Å². The lowest BCUT2D eigenvalue weighted by molar-refractivity contribution is 0.122. The van der Waals surface area contributed by atoms with E-state index in [1.54, 1.807) is 17.0 Å². The molecule has 0 amide bonds. The number of hydrogen-bond acceptors (Lipinski definition) is 3. The van der Waals surface area contributed by atoms with Gasteiger partial charge in [-0.2, -0.15) is 0 Å². The van der Waals surface area contributed by atoms with Crippen LogP contribution in [0.3, 0.4) is 0 Å². The summed E-state index contributed by atoms with van der Waals surface area (Å²) < 4.78 is 1.66. The maximum atomic E-state index is 12.5. The fourth-order valence-electron chi connectivity index (χ4n) is 5.02. The number of aryl methyl sites for hydroxylation is 2. The van der Waals surface area contributed by atoms with Crippen LogP contribution in [0.2, 0.25) is 0 Å². The zero-order chi connectivity index (χ0) is 21.4. The number of fused-ring (bicyclic) bond motifs is 1. The average Bonchev–Trinajstić information content (AvgIpc) is 2.76. The Bertz CT molecular complexity index is 1110. The van der Waals surface area contributed by atoms with Crippen molar-refractivity contribution in [3.8, 4) is 11.1 Å². The Kier molecular flexibility index (Phi) is 5.79. The Hall–Kier alpha value is -2.46. The summed E-state index contributed by atoms with van der Waals surface area (Å²) in [5, 5.41) is 1.63. The molecule has 3 aromatic rings. The molecular formula is C26H33N3O. The second-order valence-electron chi connectivity index (χ2n) is 9.24. The molecule has 0 saturated carbocycles. The summed E-state index contributed by atoms with van der Waals surface area (Å²) in [6.07, 6.45) is 7.98. The molecule has 1 unspecified atom stereocenters. The fraction of sp³-hybridized carbons (Fsp3) is 0.462. The minimum atomic E-state index is -0.00591. The second-order valence-corrected chi connectivity index (χ2v) is 9.24. The molecule has 1 saturated heterocycles. The van der Waals surface area contributed by atoms with E-state index in [1.165, 1.54) is 37.1 Å². The molecule has 1 fully saturated rings. The average molecular weight is 404 g/mol. The van der Waals surface area contributed by atoms with Crippen LogP contribution in [0.1, 0.15) is 50.8 Å². The first-order chi connectivity index (χ1) is 14.4. The molecule has 0 radical (unpaired) electrons. The molecule has 0 spiro atoms. The molecule has 1 atom stereocenters. The third-order valence-corrected chi connectivity index (χ3v) is 7.08. The van der Waals surface area contributed by atoms with Gasteiger partial charge in [0.2, 0.25) is 0 Å². The van der Waals surface area contributed by atoms with Crippen LogP contribution in [-0.4, -0.2) is 27.5 Å². The van der Waals surface area contributed by atoms with Gasteiger partial charge in [0, 0.05) is 37.2 Å². The highest BCUT2D eigenvalue weighted by atomic mass is 16.1. The Morgan fingerprint density at radius 2 is 1.80 bits per heavy atom. The lowest BCUT2D eigenvalue weighted by Gasteiger charge is -2.38. The largest absolute Gasteiger partial charge is 0.317 e. The maximum Gasteiger partial charge on any atom is 0.259 e. The smallest absolute Gasteiger partial charge is 0.259 e. The second kappa shape index (κ2) is 8.35. The molecular weight excluding hydrogens is 370 g/mol. The van der Waals surface area contributed by atoms with Crippen molar-refractivity contribution in [3.05, 3.63) is 64.3 Å². The third kappa shape index (κ3) is 3.81. The highest BCUT2D eigenvalue weighted by Crippen LogP contribution is 2.33. The number of nitrogens with zero attached hydrogens (tertiary/aromatic N) is 3. The first-order valence-electron chi connectivity index (χ1n) is 11.1. The van der Waals surface area contributed by atoms with E-state index in [0.29, 0.717) is 11.4 Å². The summed E-state index contributed by atoms with van der Waals surface area (Å²) in [6.45, 7) is 11.6. The zero-order valence-electron chi connectivity index (χ0n) is 18.9. The molecule has 1 aliphatic rings. The van der Waals surface area contributed by atoms with Crippen molar-refractivity contribution in [2.24, 2.45) is 18.9 Å². The van der Waals surface area contributed by atoms with Gasteiger partial charge in [-0.1, -0.05) is 32.0 Å². The first-order valence-corrected chi connectivity index (χ1v) is 11.1. The number of piperidine rings is 1. The number of aromatic nitrogens is 2. The van der Waals surface area contributed by atoms with Gasteiger partial charge in [0.15, 0.2) is 0 Å². The van der Waals surface area contributed by atoms with Gasteiger partial charge in [0.25, 0.3) is 5.56 Å². The third-order valence-electron chi connectivity index (χ3n) is 7.08. The summed E-state index contributed by atoms with van der Waals surface area (Å²) in [5.74, 6) is 1.65. The molecule has 158 valence electrons. The predicted octanol–water partition coefficient (Wildman–Crippen LogP) is 5.34. The Morgan fingerprint density at radius 1 is 1.07 bits per heavy atom. The number of pyridine rings is 2. The standard InChI is InChI=1S/C26H33N3O/c1-17(2)20-9-12-29(13-10-20)19(4)22-7-6-21(14-18(22)3)25-16-28(5)26(30)24-15-27-11-8-23(24)25/h6-8,11,14-17,19-20H,9-10,12-13H2,1-5H3. The SMILES string of the molecule is Cc1cc(-c2cn(C)c(=O)c3cnccc23)ccc1C(C)N1CCC(C(C)C)CC1. The molecule has 1 aliphatic heterocycles. The first kappa shape index (κ1) is 20.8. The van der Waals surface area contributed by atoms with E-state index in [2.05, 4.69) is 55.8 Å². The lowest BCUT2D eigenvalue weighted by atomic mass is 9.85. The van der Waals surface area contributed by atoms with E-state index in [9.17, 15) is 4.79 Å². The van der Waals surface area contributed by atoms with Crippen LogP contribution in [0.15, 0.2) is 47.7 Å². The molecule has 30 heavy (non-hydrogen) atoms. The summed E-state index contributed by atoms with van der Waals surface area (Å²) in [5.41, 5.74) is 4.93. The topological polar surface area (TPSA) is 38.1 Å². The Labute approximate surface area is 179 Å². The van der Waals surface area contributed by atoms with Gasteiger partial charge in [-0.3, -0.25) is 14.7 Å². The summed E-state index contributed by atoms with van der Waals surface area (Å²) in [7, 11) is 1.81. The summed E-state index contributed by atoms with van der Waals surface area (Å²) in [4.78, 5) is 19.3. The van der Waals surface area contributed by atoms with Crippen LogP contribution < -0.4 is 5.56 Å². The fourth-order valence-corrected chi connectivity index (χ4v) is 5.02. The highest BCUT2D eigenvalue weighted by Gasteiger charge is 2.25. The molecule has 4 heteroatoms. The van der Waals surface area contributed by atoms with Gasteiger partial charge >= 0.3 is 0 Å². The van der Waals surface area contributed by atoms with Crippen molar-refractivity contribution < 1.29 is 0 Å². The summed E-state index contributed by atoms with van der Waals surface area (Å²) >= 11 is 0. The predicted molar refractivity (Wildman–Crippen MR) is 125 cm³/mol. The van der Waals surface area contributed by atoms with Crippen LogP contribution in [0.25, 0.3) is 21.9 Å². The van der Waals surface area contributed by atoms with Crippen LogP contribution in [0.4, 0.5) is 0 Å². The molecule has 4 rings (SSSR count). The van der Waals surface area contributed by atoms with Gasteiger partial charge < -0.3 is 4.57 Å². The lowest BCUT2D eigenvalue weighted by Crippen LogP contribution is -2.37. The zero-order valence-corrected chi connectivity index (χ0v) is 18.9. The van der Waals surface area contributed by atoms with E-state index in [-0.39, 0.29) is 5.56 Å². The van der Waals surface area contributed by atoms with Crippen LogP contribution >= 0.6 is 0 Å². The van der Waals surface area contributed by atoms with E-state index < -0.39 is 0 Å². The number of rotatable bonds is 4. The van der Waals surface area contributed by atoms with E-state index in [4.69, 9.17) is 0 Å². The van der Waals surface area contributed by atoms with Crippen molar-refractivity contribution in [2.45, 2.75) is 46.6 Å².